The number of methoxy groups -OCH3 is 1. The van der Waals surface area contributed by atoms with Gasteiger partial charge in [0.15, 0.2) is 0 Å². The molecule has 0 aliphatic carbocycles. The first-order valence-electron chi connectivity index (χ1n) is 6.48. The van der Waals surface area contributed by atoms with Gasteiger partial charge in [0.05, 0.1) is 12.2 Å². The SMILES string of the molecule is COCCOc1ccc(NC(=O)c2ccccc2I)cc1. The molecule has 2 aromatic rings. The van der Waals surface area contributed by atoms with Gasteiger partial charge in [-0.3, -0.25) is 4.79 Å². The van der Waals surface area contributed by atoms with E-state index in [0.717, 1.165) is 15.0 Å². The Balaban J connectivity index is 1.97. The van der Waals surface area contributed by atoms with E-state index in [1.165, 1.54) is 0 Å². The van der Waals surface area contributed by atoms with Crippen molar-refractivity contribution in [2.24, 2.45) is 0 Å². The van der Waals surface area contributed by atoms with Crippen molar-refractivity contribution in [1.82, 2.24) is 0 Å². The van der Waals surface area contributed by atoms with Crippen molar-refractivity contribution in [2.75, 3.05) is 25.6 Å². The molecule has 1 N–H and O–H groups in total. The lowest BCUT2D eigenvalue weighted by molar-refractivity contribution is 0.102. The third-order valence-electron chi connectivity index (χ3n) is 2.79. The Labute approximate surface area is 137 Å². The minimum absolute atomic E-state index is 0.118. The van der Waals surface area contributed by atoms with Crippen LogP contribution in [0.5, 0.6) is 5.75 Å². The van der Waals surface area contributed by atoms with Crippen LogP contribution in [-0.2, 0) is 4.74 Å². The molecule has 0 bridgehead atoms. The first-order valence-corrected chi connectivity index (χ1v) is 7.56. The molecule has 21 heavy (non-hydrogen) atoms. The van der Waals surface area contributed by atoms with Gasteiger partial charge in [0.25, 0.3) is 5.91 Å². The van der Waals surface area contributed by atoms with Gasteiger partial charge >= 0.3 is 0 Å². The van der Waals surface area contributed by atoms with Gasteiger partial charge in [0, 0.05) is 16.4 Å². The summed E-state index contributed by atoms with van der Waals surface area (Å²) in [6, 6.07) is 14.7. The van der Waals surface area contributed by atoms with Crippen molar-refractivity contribution in [3.8, 4) is 5.75 Å². The molecule has 0 atom stereocenters. The van der Waals surface area contributed by atoms with Crippen LogP contribution in [0.1, 0.15) is 10.4 Å². The predicted octanol–water partition coefficient (Wildman–Crippen LogP) is 3.57. The van der Waals surface area contributed by atoms with Crippen LogP contribution in [0.25, 0.3) is 0 Å². The van der Waals surface area contributed by atoms with Gasteiger partial charge in [-0.15, -0.1) is 0 Å². The lowest BCUT2D eigenvalue weighted by atomic mass is 10.2. The van der Waals surface area contributed by atoms with E-state index < -0.39 is 0 Å². The van der Waals surface area contributed by atoms with Gasteiger partial charge < -0.3 is 14.8 Å². The van der Waals surface area contributed by atoms with Crippen molar-refractivity contribution in [1.29, 1.82) is 0 Å². The number of hydrogen-bond donors (Lipinski definition) is 1. The Bertz CT molecular complexity index is 599. The van der Waals surface area contributed by atoms with Crippen molar-refractivity contribution in [3.63, 3.8) is 0 Å². The Hall–Kier alpha value is -1.60. The van der Waals surface area contributed by atoms with Gasteiger partial charge in [0.1, 0.15) is 12.4 Å². The fraction of sp³-hybridized carbons (Fsp3) is 0.188. The van der Waals surface area contributed by atoms with Crippen molar-refractivity contribution >= 4 is 34.2 Å². The standard InChI is InChI=1S/C16H16INO3/c1-20-10-11-21-13-8-6-12(7-9-13)18-16(19)14-4-2-3-5-15(14)17/h2-9H,10-11H2,1H3,(H,18,19). The van der Waals surface area contributed by atoms with Crippen LogP contribution in [0.15, 0.2) is 48.5 Å². The van der Waals surface area contributed by atoms with Crippen molar-refractivity contribution in [3.05, 3.63) is 57.7 Å². The van der Waals surface area contributed by atoms with Crippen LogP contribution in [0.3, 0.4) is 0 Å². The number of ether oxygens (including phenoxy) is 2. The van der Waals surface area contributed by atoms with Gasteiger partial charge in [-0.1, -0.05) is 12.1 Å². The van der Waals surface area contributed by atoms with Gasteiger partial charge in [-0.25, -0.2) is 0 Å². The lowest BCUT2D eigenvalue weighted by Gasteiger charge is -2.09. The smallest absolute Gasteiger partial charge is 0.256 e. The monoisotopic (exact) mass is 397 g/mol. The molecule has 0 radical (unpaired) electrons. The maximum Gasteiger partial charge on any atom is 0.256 e. The summed E-state index contributed by atoms with van der Waals surface area (Å²) in [4.78, 5) is 12.2. The first-order chi connectivity index (χ1) is 10.2. The highest BCUT2D eigenvalue weighted by molar-refractivity contribution is 14.1. The zero-order valence-electron chi connectivity index (χ0n) is 11.6. The summed E-state index contributed by atoms with van der Waals surface area (Å²) < 4.78 is 11.3. The van der Waals surface area contributed by atoms with E-state index in [4.69, 9.17) is 9.47 Å². The summed E-state index contributed by atoms with van der Waals surface area (Å²) in [6.07, 6.45) is 0. The fourth-order valence-electron chi connectivity index (χ4n) is 1.72. The molecule has 5 heteroatoms. The maximum absolute atomic E-state index is 12.2. The Morgan fingerprint density at radius 2 is 1.81 bits per heavy atom. The summed E-state index contributed by atoms with van der Waals surface area (Å²) in [5.74, 6) is 0.632. The molecule has 1 amide bonds. The van der Waals surface area contributed by atoms with Crippen LogP contribution < -0.4 is 10.1 Å². The highest BCUT2D eigenvalue weighted by Crippen LogP contribution is 2.18. The molecule has 110 valence electrons. The summed E-state index contributed by atoms with van der Waals surface area (Å²) in [5.41, 5.74) is 1.40. The number of carbonyl (C=O) groups excluding carboxylic acids is 1. The maximum atomic E-state index is 12.2. The molecule has 0 unspecified atom stereocenters. The van der Waals surface area contributed by atoms with E-state index in [-0.39, 0.29) is 5.91 Å². The molecule has 0 aliphatic rings. The molecule has 0 aliphatic heterocycles. The second-order valence-corrected chi connectivity index (χ2v) is 5.46. The zero-order valence-corrected chi connectivity index (χ0v) is 13.8. The summed E-state index contributed by atoms with van der Waals surface area (Å²) in [6.45, 7) is 1.05. The van der Waals surface area contributed by atoms with E-state index >= 15 is 0 Å². The molecule has 0 saturated carbocycles. The largest absolute Gasteiger partial charge is 0.491 e. The molecule has 0 heterocycles. The molecule has 0 fully saturated rings. The number of benzene rings is 2. The van der Waals surface area contributed by atoms with E-state index in [1.54, 1.807) is 13.2 Å². The molecular weight excluding hydrogens is 381 g/mol. The van der Waals surface area contributed by atoms with Crippen LogP contribution in [0.2, 0.25) is 0 Å². The van der Waals surface area contributed by atoms with Crippen LogP contribution >= 0.6 is 22.6 Å². The summed E-state index contributed by atoms with van der Waals surface area (Å²) in [5, 5.41) is 2.87. The number of amides is 1. The summed E-state index contributed by atoms with van der Waals surface area (Å²) in [7, 11) is 1.63. The summed E-state index contributed by atoms with van der Waals surface area (Å²) >= 11 is 2.15. The lowest BCUT2D eigenvalue weighted by Crippen LogP contribution is -2.13. The van der Waals surface area contributed by atoms with Gasteiger partial charge in [0.2, 0.25) is 0 Å². The van der Waals surface area contributed by atoms with Gasteiger partial charge in [-0.05, 0) is 59.0 Å². The minimum Gasteiger partial charge on any atom is -0.491 e. The number of carbonyl (C=O) groups is 1. The van der Waals surface area contributed by atoms with Crippen LogP contribution in [0, 0.1) is 3.57 Å². The average molecular weight is 397 g/mol. The third kappa shape index (κ3) is 4.71. The van der Waals surface area contributed by atoms with Crippen molar-refractivity contribution < 1.29 is 14.3 Å². The molecule has 4 nitrogen and oxygen atoms in total. The highest BCUT2D eigenvalue weighted by Gasteiger charge is 2.09. The molecule has 2 rings (SSSR count). The second kappa shape index (κ2) is 7.99. The third-order valence-corrected chi connectivity index (χ3v) is 3.73. The Morgan fingerprint density at radius 1 is 1.10 bits per heavy atom. The van der Waals surface area contributed by atoms with Gasteiger partial charge in [-0.2, -0.15) is 0 Å². The Kier molecular flexibility index (Phi) is 6.01. The normalized spacial score (nSPS) is 10.2. The van der Waals surface area contributed by atoms with Crippen LogP contribution in [-0.4, -0.2) is 26.2 Å². The molecule has 2 aromatic carbocycles. The van der Waals surface area contributed by atoms with E-state index in [9.17, 15) is 4.79 Å². The molecular formula is C16H16INO3. The molecule has 0 spiro atoms. The zero-order chi connectivity index (χ0) is 15.1. The fourth-order valence-corrected chi connectivity index (χ4v) is 2.35. The average Bonchev–Trinajstić information content (AvgIpc) is 2.49. The van der Waals surface area contributed by atoms with E-state index in [0.29, 0.717) is 18.8 Å². The predicted molar refractivity (Wildman–Crippen MR) is 90.9 cm³/mol. The minimum atomic E-state index is -0.118. The second-order valence-electron chi connectivity index (χ2n) is 4.30. The van der Waals surface area contributed by atoms with E-state index in [1.807, 2.05) is 42.5 Å². The number of halogens is 1. The number of anilines is 1. The van der Waals surface area contributed by atoms with Crippen LogP contribution in [0.4, 0.5) is 5.69 Å². The van der Waals surface area contributed by atoms with Crippen molar-refractivity contribution in [2.45, 2.75) is 0 Å². The molecule has 0 saturated heterocycles. The number of hydrogen-bond acceptors (Lipinski definition) is 3. The number of nitrogens with one attached hydrogen (secondary N) is 1. The number of rotatable bonds is 6. The first kappa shape index (κ1) is 15.8. The van der Waals surface area contributed by atoms with E-state index in [2.05, 4.69) is 27.9 Å². The highest BCUT2D eigenvalue weighted by atomic mass is 127. The topological polar surface area (TPSA) is 47.6 Å². The Morgan fingerprint density at radius 3 is 2.48 bits per heavy atom. The quantitative estimate of drug-likeness (QED) is 0.599. The molecule has 0 aromatic heterocycles.